The summed E-state index contributed by atoms with van der Waals surface area (Å²) in [6.45, 7) is 2.38. The molecule has 0 amide bonds. The number of carboxylic acid groups (broad SMARTS) is 1. The molecule has 0 saturated heterocycles. The average Bonchev–Trinajstić information content (AvgIpc) is 2.74. The summed E-state index contributed by atoms with van der Waals surface area (Å²) in [5.74, 6) is 0.764. The van der Waals surface area contributed by atoms with Gasteiger partial charge in [-0.2, -0.15) is 0 Å². The maximum atomic E-state index is 11.2. The van der Waals surface area contributed by atoms with Crippen molar-refractivity contribution in [3.05, 3.63) is 0 Å². The minimum atomic E-state index is -0.686. The molecule has 1 heterocycles. The van der Waals surface area contributed by atoms with Gasteiger partial charge in [0.15, 0.2) is 0 Å². The molecule has 1 saturated carbocycles. The summed E-state index contributed by atoms with van der Waals surface area (Å²) in [5, 5.41) is 9.18. The first-order chi connectivity index (χ1) is 8.11. The lowest BCUT2D eigenvalue weighted by Crippen LogP contribution is -2.38. The van der Waals surface area contributed by atoms with Gasteiger partial charge in [0.2, 0.25) is 0 Å². The summed E-state index contributed by atoms with van der Waals surface area (Å²) in [4.78, 5) is 17.8. The molecule has 3 atom stereocenters. The monoisotopic (exact) mass is 239 g/mol. The number of nitrogens with two attached hydrogens (primary N) is 1. The fraction of sp³-hybridized carbons (Fsp3) is 0.833. The number of hydrogen-bond donors (Lipinski definition) is 2. The van der Waals surface area contributed by atoms with Crippen LogP contribution in [0.5, 0.6) is 0 Å². The van der Waals surface area contributed by atoms with Gasteiger partial charge in [0.1, 0.15) is 5.84 Å². The first kappa shape index (κ1) is 12.4. The van der Waals surface area contributed by atoms with Gasteiger partial charge in [0.25, 0.3) is 0 Å². The van der Waals surface area contributed by atoms with Crippen LogP contribution in [0.2, 0.25) is 0 Å². The number of amidine groups is 1. The molecule has 2 aliphatic rings. The van der Waals surface area contributed by atoms with E-state index in [9.17, 15) is 9.90 Å². The molecule has 1 aliphatic heterocycles. The number of aliphatic imine (C=N–C) groups is 1. The molecule has 96 valence electrons. The maximum absolute atomic E-state index is 11.2. The Morgan fingerprint density at radius 1 is 1.53 bits per heavy atom. The Hall–Kier alpha value is -1.10. The maximum Gasteiger partial charge on any atom is 0.306 e. The second kappa shape index (κ2) is 5.04. The predicted molar refractivity (Wildman–Crippen MR) is 65.9 cm³/mol. The Morgan fingerprint density at radius 3 is 2.82 bits per heavy atom. The standard InChI is InChI=1S/C12H21N3O2/c1-15-3-2-14-11(15)9-4-8(7-13)5-10(6-9)12(16)17/h8-10H,2-7,13H2,1H3,(H,16,17). The van der Waals surface area contributed by atoms with Crippen molar-refractivity contribution in [1.82, 2.24) is 4.90 Å². The van der Waals surface area contributed by atoms with E-state index in [2.05, 4.69) is 9.89 Å². The Bertz CT molecular complexity index is 330. The van der Waals surface area contributed by atoms with E-state index in [1.165, 1.54) is 0 Å². The molecule has 0 radical (unpaired) electrons. The topological polar surface area (TPSA) is 78.9 Å². The van der Waals surface area contributed by atoms with Crippen LogP contribution in [0, 0.1) is 17.8 Å². The van der Waals surface area contributed by atoms with Gasteiger partial charge >= 0.3 is 5.97 Å². The van der Waals surface area contributed by atoms with Crippen molar-refractivity contribution in [2.45, 2.75) is 19.3 Å². The van der Waals surface area contributed by atoms with Gasteiger partial charge in [-0.05, 0) is 31.7 Å². The van der Waals surface area contributed by atoms with Crippen molar-refractivity contribution in [2.75, 3.05) is 26.7 Å². The third-order valence-corrected chi connectivity index (χ3v) is 3.95. The zero-order valence-electron chi connectivity index (χ0n) is 10.3. The third kappa shape index (κ3) is 2.60. The van der Waals surface area contributed by atoms with E-state index in [0.29, 0.717) is 12.5 Å². The van der Waals surface area contributed by atoms with Crippen LogP contribution < -0.4 is 5.73 Å². The summed E-state index contributed by atoms with van der Waals surface area (Å²) in [6.07, 6.45) is 2.43. The van der Waals surface area contributed by atoms with Gasteiger partial charge in [-0.1, -0.05) is 0 Å². The second-order valence-corrected chi connectivity index (χ2v) is 5.20. The zero-order valence-corrected chi connectivity index (χ0v) is 10.3. The molecule has 0 aromatic rings. The molecule has 17 heavy (non-hydrogen) atoms. The smallest absolute Gasteiger partial charge is 0.306 e. The van der Waals surface area contributed by atoms with Crippen molar-refractivity contribution >= 4 is 11.8 Å². The van der Waals surface area contributed by atoms with Crippen molar-refractivity contribution in [1.29, 1.82) is 0 Å². The van der Waals surface area contributed by atoms with Gasteiger partial charge in [0.05, 0.1) is 12.5 Å². The summed E-state index contributed by atoms with van der Waals surface area (Å²) in [5.41, 5.74) is 5.71. The fourth-order valence-corrected chi connectivity index (χ4v) is 3.03. The van der Waals surface area contributed by atoms with Crippen LogP contribution in [0.3, 0.4) is 0 Å². The normalized spacial score (nSPS) is 33.6. The number of carbonyl (C=O) groups is 1. The molecule has 3 unspecified atom stereocenters. The van der Waals surface area contributed by atoms with Crippen LogP contribution >= 0.6 is 0 Å². The lowest BCUT2D eigenvalue weighted by molar-refractivity contribution is -0.143. The molecule has 0 aromatic carbocycles. The molecule has 2 rings (SSSR count). The van der Waals surface area contributed by atoms with Crippen LogP contribution in [0.4, 0.5) is 0 Å². The van der Waals surface area contributed by atoms with Crippen molar-refractivity contribution < 1.29 is 9.90 Å². The van der Waals surface area contributed by atoms with Gasteiger partial charge in [-0.25, -0.2) is 0 Å². The van der Waals surface area contributed by atoms with Crippen molar-refractivity contribution in [2.24, 2.45) is 28.5 Å². The van der Waals surface area contributed by atoms with E-state index < -0.39 is 5.97 Å². The van der Waals surface area contributed by atoms with Crippen LogP contribution in [0.25, 0.3) is 0 Å². The molecule has 1 fully saturated rings. The zero-order chi connectivity index (χ0) is 12.4. The minimum Gasteiger partial charge on any atom is -0.481 e. The van der Waals surface area contributed by atoms with E-state index in [-0.39, 0.29) is 11.8 Å². The highest BCUT2D eigenvalue weighted by Gasteiger charge is 2.36. The third-order valence-electron chi connectivity index (χ3n) is 3.95. The molecule has 3 N–H and O–H groups in total. The lowest BCUT2D eigenvalue weighted by atomic mass is 9.74. The number of hydrogen-bond acceptors (Lipinski definition) is 4. The summed E-state index contributed by atoms with van der Waals surface area (Å²) in [7, 11) is 2.04. The number of aliphatic carboxylic acids is 1. The highest BCUT2D eigenvalue weighted by molar-refractivity contribution is 5.86. The number of rotatable bonds is 3. The molecule has 5 nitrogen and oxygen atoms in total. The van der Waals surface area contributed by atoms with E-state index >= 15 is 0 Å². The van der Waals surface area contributed by atoms with Crippen molar-refractivity contribution in [3.8, 4) is 0 Å². The van der Waals surface area contributed by atoms with E-state index in [1.807, 2.05) is 7.05 Å². The lowest BCUT2D eigenvalue weighted by Gasteiger charge is -2.34. The SMILES string of the molecule is CN1CCN=C1C1CC(CN)CC(C(=O)O)C1. The Kier molecular flexibility index (Phi) is 3.66. The van der Waals surface area contributed by atoms with E-state index in [4.69, 9.17) is 5.73 Å². The molecule has 0 aromatic heterocycles. The highest BCUT2D eigenvalue weighted by Crippen LogP contribution is 2.35. The van der Waals surface area contributed by atoms with Gasteiger partial charge < -0.3 is 15.7 Å². The van der Waals surface area contributed by atoms with Crippen LogP contribution in [0.1, 0.15) is 19.3 Å². The largest absolute Gasteiger partial charge is 0.481 e. The minimum absolute atomic E-state index is 0.251. The molecule has 1 aliphatic carbocycles. The summed E-state index contributed by atoms with van der Waals surface area (Å²) >= 11 is 0. The van der Waals surface area contributed by atoms with Crippen molar-refractivity contribution in [3.63, 3.8) is 0 Å². The number of nitrogens with zero attached hydrogens (tertiary/aromatic N) is 2. The molecular formula is C12H21N3O2. The summed E-state index contributed by atoms with van der Waals surface area (Å²) in [6, 6.07) is 0. The fourth-order valence-electron chi connectivity index (χ4n) is 3.03. The highest BCUT2D eigenvalue weighted by atomic mass is 16.4. The Morgan fingerprint density at radius 2 is 2.29 bits per heavy atom. The van der Waals surface area contributed by atoms with Gasteiger partial charge in [-0.15, -0.1) is 0 Å². The van der Waals surface area contributed by atoms with Crippen LogP contribution in [-0.2, 0) is 4.79 Å². The Balaban J connectivity index is 2.09. The van der Waals surface area contributed by atoms with Gasteiger partial charge in [0, 0.05) is 19.5 Å². The average molecular weight is 239 g/mol. The quantitative estimate of drug-likeness (QED) is 0.747. The summed E-state index contributed by atoms with van der Waals surface area (Å²) < 4.78 is 0. The second-order valence-electron chi connectivity index (χ2n) is 5.20. The molecule has 0 spiro atoms. The molecule has 5 heteroatoms. The van der Waals surface area contributed by atoms with Gasteiger partial charge in [-0.3, -0.25) is 9.79 Å². The van der Waals surface area contributed by atoms with Crippen LogP contribution in [0.15, 0.2) is 4.99 Å². The van der Waals surface area contributed by atoms with Crippen LogP contribution in [-0.4, -0.2) is 48.5 Å². The first-order valence-electron chi connectivity index (χ1n) is 6.30. The Labute approximate surface area is 102 Å². The number of likely N-dealkylation sites (N-methyl/N-ethyl adjacent to an activating group) is 1. The van der Waals surface area contributed by atoms with E-state index in [0.717, 1.165) is 38.2 Å². The molecular weight excluding hydrogens is 218 g/mol. The van der Waals surface area contributed by atoms with E-state index in [1.54, 1.807) is 0 Å². The number of carboxylic acids is 1. The first-order valence-corrected chi connectivity index (χ1v) is 6.30. The molecule has 0 bridgehead atoms. The predicted octanol–water partition coefficient (Wildman–Crippen LogP) is 0.406.